The number of carbonyl (C=O) groups is 1. The molecule has 0 radical (unpaired) electrons. The Morgan fingerprint density at radius 2 is 2.30 bits per heavy atom. The summed E-state index contributed by atoms with van der Waals surface area (Å²) in [5.41, 5.74) is 1.21. The van der Waals surface area contributed by atoms with Crippen LogP contribution in [0, 0.1) is 0 Å². The second kappa shape index (κ2) is 5.13. The van der Waals surface area contributed by atoms with Crippen LogP contribution in [0.25, 0.3) is 11.0 Å². The van der Waals surface area contributed by atoms with Gasteiger partial charge >= 0.3 is 11.7 Å². The molecule has 6 nitrogen and oxygen atoms in total. The molecule has 2 N–H and O–H groups in total. The average molecular weight is 276 g/mol. The van der Waals surface area contributed by atoms with Gasteiger partial charge in [0.2, 0.25) is 0 Å². The molecule has 0 amide bonds. The molecule has 3 rings (SSSR count). The van der Waals surface area contributed by atoms with Crippen LogP contribution in [0.4, 0.5) is 0 Å². The van der Waals surface area contributed by atoms with Crippen molar-refractivity contribution in [2.24, 2.45) is 0 Å². The summed E-state index contributed by atoms with van der Waals surface area (Å²) in [7, 11) is 0. The van der Waals surface area contributed by atoms with Crippen molar-refractivity contribution in [2.75, 3.05) is 6.61 Å². The first-order chi connectivity index (χ1) is 9.65. The predicted octanol–water partition coefficient (Wildman–Crippen LogP) is 1.60. The highest BCUT2D eigenvalue weighted by Crippen LogP contribution is 2.17. The van der Waals surface area contributed by atoms with Gasteiger partial charge in [0.25, 0.3) is 0 Å². The number of imidazole rings is 1. The van der Waals surface area contributed by atoms with Gasteiger partial charge in [-0.05, 0) is 37.5 Å². The fourth-order valence-electron chi connectivity index (χ4n) is 2.63. The first-order valence-corrected chi connectivity index (χ1v) is 6.72. The Hall–Kier alpha value is -2.08. The van der Waals surface area contributed by atoms with Crippen LogP contribution in [0.15, 0.2) is 23.0 Å². The molecule has 0 aliphatic carbocycles. The van der Waals surface area contributed by atoms with Crippen molar-refractivity contribution < 1.29 is 14.6 Å². The van der Waals surface area contributed by atoms with E-state index in [4.69, 9.17) is 9.84 Å². The van der Waals surface area contributed by atoms with Gasteiger partial charge in [0.05, 0.1) is 29.2 Å². The van der Waals surface area contributed by atoms with Gasteiger partial charge in [0, 0.05) is 6.61 Å². The topological polar surface area (TPSA) is 84.3 Å². The second-order valence-corrected chi connectivity index (χ2v) is 5.07. The van der Waals surface area contributed by atoms with E-state index in [1.165, 1.54) is 12.1 Å². The zero-order chi connectivity index (χ0) is 14.1. The minimum absolute atomic E-state index is 0.0552. The summed E-state index contributed by atoms with van der Waals surface area (Å²) in [6.45, 7) is 1.25. The van der Waals surface area contributed by atoms with Gasteiger partial charge < -0.3 is 14.8 Å². The average Bonchev–Trinajstić information content (AvgIpc) is 2.75. The van der Waals surface area contributed by atoms with Crippen LogP contribution in [0.5, 0.6) is 0 Å². The van der Waals surface area contributed by atoms with E-state index in [-0.39, 0.29) is 17.4 Å². The third-order valence-corrected chi connectivity index (χ3v) is 3.68. The maximum atomic E-state index is 12.0. The summed E-state index contributed by atoms with van der Waals surface area (Å²) >= 11 is 0. The highest BCUT2D eigenvalue weighted by Gasteiger charge is 2.17. The lowest BCUT2D eigenvalue weighted by Crippen LogP contribution is -2.29. The van der Waals surface area contributed by atoms with Crippen LogP contribution >= 0.6 is 0 Å². The Bertz CT molecular complexity index is 695. The smallest absolute Gasteiger partial charge is 0.335 e. The predicted molar refractivity (Wildman–Crippen MR) is 73.1 cm³/mol. The number of aromatic nitrogens is 2. The molecule has 2 heterocycles. The standard InChI is InChI=1S/C14H16N2O4/c17-13(18)9-4-5-12-11(7-9)15-14(19)16(12)8-10-3-1-2-6-20-10/h4-5,7,10H,1-3,6,8H2,(H,15,19)(H,17,18). The number of rotatable bonds is 3. The van der Waals surface area contributed by atoms with Gasteiger partial charge in [0.1, 0.15) is 0 Å². The van der Waals surface area contributed by atoms with Crippen molar-refractivity contribution in [3.8, 4) is 0 Å². The van der Waals surface area contributed by atoms with Crippen molar-refractivity contribution in [2.45, 2.75) is 31.9 Å². The molecule has 20 heavy (non-hydrogen) atoms. The molecular weight excluding hydrogens is 260 g/mol. The highest BCUT2D eigenvalue weighted by atomic mass is 16.5. The monoisotopic (exact) mass is 276 g/mol. The van der Waals surface area contributed by atoms with E-state index < -0.39 is 5.97 Å². The zero-order valence-electron chi connectivity index (χ0n) is 11.0. The van der Waals surface area contributed by atoms with Crippen LogP contribution in [-0.2, 0) is 11.3 Å². The van der Waals surface area contributed by atoms with E-state index in [2.05, 4.69) is 4.98 Å². The van der Waals surface area contributed by atoms with Crippen molar-refractivity contribution >= 4 is 17.0 Å². The quantitative estimate of drug-likeness (QED) is 0.891. The van der Waals surface area contributed by atoms with Gasteiger partial charge in [0.15, 0.2) is 0 Å². The molecule has 0 saturated carbocycles. The maximum Gasteiger partial charge on any atom is 0.335 e. The number of carboxylic acid groups (broad SMARTS) is 1. The third kappa shape index (κ3) is 2.34. The number of fused-ring (bicyclic) bond motifs is 1. The summed E-state index contributed by atoms with van der Waals surface area (Å²) in [6.07, 6.45) is 3.19. The Morgan fingerprint density at radius 1 is 1.45 bits per heavy atom. The van der Waals surface area contributed by atoms with E-state index in [0.717, 1.165) is 25.9 Å². The number of aromatic amines is 1. The molecule has 106 valence electrons. The number of ether oxygens (including phenoxy) is 1. The van der Waals surface area contributed by atoms with Crippen LogP contribution in [0.3, 0.4) is 0 Å². The van der Waals surface area contributed by atoms with Gasteiger partial charge in [-0.2, -0.15) is 0 Å². The van der Waals surface area contributed by atoms with Crippen molar-refractivity contribution in [3.63, 3.8) is 0 Å². The summed E-state index contributed by atoms with van der Waals surface area (Å²) in [5.74, 6) is -1.00. The fraction of sp³-hybridized carbons (Fsp3) is 0.429. The molecule has 0 bridgehead atoms. The van der Waals surface area contributed by atoms with Crippen molar-refractivity contribution in [1.29, 1.82) is 0 Å². The van der Waals surface area contributed by atoms with Gasteiger partial charge in [-0.3, -0.25) is 4.57 Å². The first kappa shape index (κ1) is 12.9. The van der Waals surface area contributed by atoms with E-state index in [9.17, 15) is 9.59 Å². The largest absolute Gasteiger partial charge is 0.478 e. The molecular formula is C14H16N2O4. The van der Waals surface area contributed by atoms with Gasteiger partial charge in [-0.1, -0.05) is 0 Å². The Labute approximate surface area is 115 Å². The zero-order valence-corrected chi connectivity index (χ0v) is 11.0. The number of hydrogen-bond acceptors (Lipinski definition) is 3. The Balaban J connectivity index is 1.96. The molecule has 1 aliphatic heterocycles. The summed E-state index contributed by atoms with van der Waals surface area (Å²) in [6, 6.07) is 4.66. The fourth-order valence-corrected chi connectivity index (χ4v) is 2.63. The molecule has 1 unspecified atom stereocenters. The van der Waals surface area contributed by atoms with Crippen LogP contribution in [-0.4, -0.2) is 33.3 Å². The van der Waals surface area contributed by atoms with Crippen molar-refractivity contribution in [3.05, 3.63) is 34.2 Å². The highest BCUT2D eigenvalue weighted by molar-refractivity contribution is 5.92. The molecule has 1 atom stereocenters. The summed E-state index contributed by atoms with van der Waals surface area (Å²) < 4.78 is 7.27. The molecule has 1 saturated heterocycles. The molecule has 1 aromatic carbocycles. The maximum absolute atomic E-state index is 12.0. The molecule has 1 aliphatic rings. The molecule has 6 heteroatoms. The molecule has 1 aromatic heterocycles. The second-order valence-electron chi connectivity index (χ2n) is 5.07. The molecule has 0 spiro atoms. The number of carboxylic acids is 1. The number of nitrogens with zero attached hydrogens (tertiary/aromatic N) is 1. The number of hydrogen-bond donors (Lipinski definition) is 2. The normalized spacial score (nSPS) is 19.3. The minimum atomic E-state index is -1.00. The summed E-state index contributed by atoms with van der Waals surface area (Å²) in [4.78, 5) is 25.6. The van der Waals surface area contributed by atoms with E-state index in [1.807, 2.05) is 0 Å². The lowest BCUT2D eigenvalue weighted by molar-refractivity contribution is 0.00613. The number of H-pyrrole nitrogens is 1. The van der Waals surface area contributed by atoms with E-state index >= 15 is 0 Å². The Kier molecular flexibility index (Phi) is 3.31. The van der Waals surface area contributed by atoms with E-state index in [1.54, 1.807) is 10.6 Å². The Morgan fingerprint density at radius 3 is 3.00 bits per heavy atom. The SMILES string of the molecule is O=C(O)c1ccc2c(c1)[nH]c(=O)n2CC1CCCCO1. The summed E-state index contributed by atoms with van der Waals surface area (Å²) in [5, 5.41) is 8.96. The van der Waals surface area contributed by atoms with Crippen molar-refractivity contribution in [1.82, 2.24) is 9.55 Å². The third-order valence-electron chi connectivity index (χ3n) is 3.68. The number of benzene rings is 1. The van der Waals surface area contributed by atoms with Crippen LogP contribution in [0.2, 0.25) is 0 Å². The van der Waals surface area contributed by atoms with Gasteiger partial charge in [-0.25, -0.2) is 9.59 Å². The van der Waals surface area contributed by atoms with Crippen LogP contribution in [0.1, 0.15) is 29.6 Å². The number of nitrogens with one attached hydrogen (secondary N) is 1. The molecule has 2 aromatic rings. The van der Waals surface area contributed by atoms with Crippen LogP contribution < -0.4 is 5.69 Å². The van der Waals surface area contributed by atoms with Gasteiger partial charge in [-0.15, -0.1) is 0 Å². The molecule has 1 fully saturated rings. The first-order valence-electron chi connectivity index (χ1n) is 6.72. The lowest BCUT2D eigenvalue weighted by Gasteiger charge is -2.22. The number of aromatic carboxylic acids is 1. The minimum Gasteiger partial charge on any atom is -0.478 e. The lowest BCUT2D eigenvalue weighted by atomic mass is 10.1. The van der Waals surface area contributed by atoms with E-state index in [0.29, 0.717) is 17.6 Å².